The Hall–Kier alpha value is -4.32. The molecule has 2 aromatic carbocycles. The van der Waals surface area contributed by atoms with Crippen molar-refractivity contribution < 1.29 is 23.1 Å². The van der Waals surface area contributed by atoms with Crippen LogP contribution >= 0.6 is 0 Å². The first-order chi connectivity index (χ1) is 16.8. The smallest absolute Gasteiger partial charge is 0.268 e. The predicted molar refractivity (Wildman–Crippen MR) is 127 cm³/mol. The molecule has 0 radical (unpaired) electrons. The van der Waals surface area contributed by atoms with Gasteiger partial charge in [-0.1, -0.05) is 30.4 Å². The Bertz CT molecular complexity index is 1330. The Labute approximate surface area is 200 Å². The maximum atomic E-state index is 13.6. The second kappa shape index (κ2) is 9.89. The van der Waals surface area contributed by atoms with Crippen molar-refractivity contribution in [1.82, 2.24) is 15.2 Å². The fourth-order valence-electron chi connectivity index (χ4n) is 3.92. The van der Waals surface area contributed by atoms with E-state index in [4.69, 9.17) is 10.00 Å². The predicted octanol–water partition coefficient (Wildman–Crippen LogP) is 3.90. The number of benzene rings is 2. The summed E-state index contributed by atoms with van der Waals surface area (Å²) in [6.45, 7) is -1.32. The van der Waals surface area contributed by atoms with Gasteiger partial charge in [0.2, 0.25) is 5.91 Å². The van der Waals surface area contributed by atoms with Crippen molar-refractivity contribution in [2.75, 3.05) is 20.2 Å². The molecule has 1 atom stereocenters. The van der Waals surface area contributed by atoms with Crippen molar-refractivity contribution >= 4 is 34.9 Å². The third kappa shape index (κ3) is 5.44. The van der Waals surface area contributed by atoms with Gasteiger partial charge in [-0.05, 0) is 41.5 Å². The minimum Gasteiger partial charge on any atom is -0.497 e. The molecule has 3 aromatic rings. The van der Waals surface area contributed by atoms with Crippen LogP contribution in [-0.4, -0.2) is 53.9 Å². The first kappa shape index (κ1) is 23.8. The number of ether oxygens (including phenoxy) is 1. The van der Waals surface area contributed by atoms with Crippen LogP contribution in [0, 0.1) is 11.3 Å². The molecule has 35 heavy (non-hydrogen) atoms. The lowest BCUT2D eigenvalue weighted by Gasteiger charge is -2.19. The molecule has 1 fully saturated rings. The van der Waals surface area contributed by atoms with E-state index >= 15 is 0 Å². The van der Waals surface area contributed by atoms with Crippen LogP contribution in [0.4, 0.5) is 8.78 Å². The molecular weight excluding hydrogens is 454 g/mol. The van der Waals surface area contributed by atoms with Gasteiger partial charge in [-0.2, -0.15) is 5.26 Å². The Morgan fingerprint density at radius 2 is 1.91 bits per heavy atom. The quantitative estimate of drug-likeness (QED) is 0.545. The molecule has 9 heteroatoms. The summed E-state index contributed by atoms with van der Waals surface area (Å²) in [5.74, 6) is -3.63. The van der Waals surface area contributed by atoms with Crippen LogP contribution in [0.25, 0.3) is 23.1 Å². The molecule has 1 saturated heterocycles. The Morgan fingerprint density at radius 3 is 2.63 bits per heavy atom. The van der Waals surface area contributed by atoms with Crippen molar-refractivity contribution in [1.29, 1.82) is 5.26 Å². The van der Waals surface area contributed by atoms with E-state index in [9.17, 15) is 18.4 Å². The fraction of sp³-hybridized carbons (Fsp3) is 0.231. The monoisotopic (exact) mass is 476 g/mol. The molecule has 2 amide bonds. The summed E-state index contributed by atoms with van der Waals surface area (Å²) in [5, 5.41) is 12.1. The van der Waals surface area contributed by atoms with Gasteiger partial charge in [0.1, 0.15) is 11.8 Å². The number of nitrogens with one attached hydrogen (secondary N) is 1. The molecule has 0 spiro atoms. The number of alkyl halides is 2. The number of carbonyl (C=O) groups excluding carboxylic acids is 2. The lowest BCUT2D eigenvalue weighted by atomic mass is 10.0. The van der Waals surface area contributed by atoms with E-state index in [2.05, 4.69) is 10.3 Å². The first-order valence-corrected chi connectivity index (χ1v) is 10.9. The first-order valence-electron chi connectivity index (χ1n) is 10.9. The van der Waals surface area contributed by atoms with Crippen LogP contribution in [-0.2, 0) is 4.79 Å². The fourth-order valence-corrected chi connectivity index (χ4v) is 3.92. The van der Waals surface area contributed by atoms with Crippen molar-refractivity contribution in [3.8, 4) is 11.8 Å². The molecule has 7 nitrogen and oxygen atoms in total. The van der Waals surface area contributed by atoms with Crippen LogP contribution in [0.5, 0.6) is 5.75 Å². The highest BCUT2D eigenvalue weighted by Gasteiger charge is 2.47. The average Bonchev–Trinajstić information content (AvgIpc) is 3.20. The minimum atomic E-state index is -3.11. The Morgan fingerprint density at radius 1 is 1.20 bits per heavy atom. The molecule has 178 valence electrons. The second-order valence-corrected chi connectivity index (χ2v) is 8.15. The Balaban J connectivity index is 1.49. The number of fused-ring (bicyclic) bond motifs is 1. The summed E-state index contributed by atoms with van der Waals surface area (Å²) in [5.41, 5.74) is 2.69. The molecular formula is C26H22F2N4O3. The number of hydrogen-bond donors (Lipinski definition) is 1. The Kier molecular flexibility index (Phi) is 6.73. The van der Waals surface area contributed by atoms with Gasteiger partial charge in [-0.3, -0.25) is 14.6 Å². The normalized spacial score (nSPS) is 16.9. The third-order valence-corrected chi connectivity index (χ3v) is 5.73. The number of carbonyl (C=O) groups is 2. The van der Waals surface area contributed by atoms with Gasteiger partial charge in [-0.15, -0.1) is 0 Å². The molecule has 0 aliphatic carbocycles. The number of aromatic nitrogens is 1. The summed E-state index contributed by atoms with van der Waals surface area (Å²) < 4.78 is 32.4. The number of amides is 2. The molecule has 1 aliphatic rings. The number of pyridine rings is 1. The second-order valence-electron chi connectivity index (χ2n) is 8.15. The number of methoxy groups -OCH3 is 1. The van der Waals surface area contributed by atoms with Gasteiger partial charge < -0.3 is 15.0 Å². The topological polar surface area (TPSA) is 95.3 Å². The maximum absolute atomic E-state index is 13.6. The van der Waals surface area contributed by atoms with Crippen LogP contribution < -0.4 is 10.1 Å². The zero-order chi connectivity index (χ0) is 25.0. The van der Waals surface area contributed by atoms with Crippen LogP contribution in [0.15, 0.2) is 54.7 Å². The van der Waals surface area contributed by atoms with Crippen LogP contribution in [0.2, 0.25) is 0 Å². The third-order valence-electron chi connectivity index (χ3n) is 5.73. The number of likely N-dealkylation sites (tertiary alicyclic amines) is 1. The SMILES string of the molecule is COc1ccc(/C=C/c2ccc3nccc(C(=O)NCC(=O)N4CC(F)(F)C[C@H]4C#N)c3c2)cc1. The highest BCUT2D eigenvalue weighted by molar-refractivity contribution is 6.07. The van der Waals surface area contributed by atoms with E-state index in [-0.39, 0.29) is 0 Å². The standard InChI is InChI=1S/C26H22F2N4O3/c1-35-20-7-4-17(5-8-20)2-3-18-6-9-23-22(12-18)21(10-11-30-23)25(34)31-15-24(33)32-16-26(27,28)13-19(32)14-29/h2-12,19H,13,15-16H2,1H3,(H,31,34)/b3-2+/t19-/m0/s1. The summed E-state index contributed by atoms with van der Waals surface area (Å²) >= 11 is 0. The maximum Gasteiger partial charge on any atom is 0.268 e. The molecule has 1 aliphatic heterocycles. The zero-order valence-corrected chi connectivity index (χ0v) is 18.9. The summed E-state index contributed by atoms with van der Waals surface area (Å²) in [6, 6.07) is 15.1. The lowest BCUT2D eigenvalue weighted by Crippen LogP contribution is -2.43. The largest absolute Gasteiger partial charge is 0.497 e. The molecule has 1 aromatic heterocycles. The van der Waals surface area contributed by atoms with Crippen molar-refractivity contribution in [2.24, 2.45) is 0 Å². The van der Waals surface area contributed by atoms with Gasteiger partial charge in [-0.25, -0.2) is 8.78 Å². The summed E-state index contributed by atoms with van der Waals surface area (Å²) in [7, 11) is 1.60. The van der Waals surface area contributed by atoms with Gasteiger partial charge in [0.25, 0.3) is 11.8 Å². The molecule has 0 bridgehead atoms. The van der Waals surface area contributed by atoms with Crippen molar-refractivity contribution in [3.05, 3.63) is 71.4 Å². The van der Waals surface area contributed by atoms with Gasteiger partial charge >= 0.3 is 0 Å². The van der Waals surface area contributed by atoms with Gasteiger partial charge in [0.15, 0.2) is 0 Å². The number of nitrogens with zero attached hydrogens (tertiary/aromatic N) is 3. The molecule has 0 unspecified atom stereocenters. The number of hydrogen-bond acceptors (Lipinski definition) is 5. The van der Waals surface area contributed by atoms with Crippen LogP contribution in [0.1, 0.15) is 27.9 Å². The number of nitriles is 1. The van der Waals surface area contributed by atoms with Gasteiger partial charge in [0, 0.05) is 18.0 Å². The lowest BCUT2D eigenvalue weighted by molar-refractivity contribution is -0.131. The molecule has 1 N–H and O–H groups in total. The van der Waals surface area contributed by atoms with E-state index in [1.807, 2.05) is 48.6 Å². The molecule has 2 heterocycles. The minimum absolute atomic E-state index is 0.297. The summed E-state index contributed by atoms with van der Waals surface area (Å²) in [6.07, 6.45) is 4.60. The van der Waals surface area contributed by atoms with E-state index in [0.717, 1.165) is 21.8 Å². The average molecular weight is 476 g/mol. The highest BCUT2D eigenvalue weighted by Crippen LogP contribution is 2.31. The highest BCUT2D eigenvalue weighted by atomic mass is 19.3. The summed E-state index contributed by atoms with van der Waals surface area (Å²) in [4.78, 5) is 30.4. The molecule has 0 saturated carbocycles. The van der Waals surface area contributed by atoms with E-state index in [1.165, 1.54) is 12.3 Å². The van der Waals surface area contributed by atoms with Crippen molar-refractivity contribution in [2.45, 2.75) is 18.4 Å². The van der Waals surface area contributed by atoms with Gasteiger partial charge in [0.05, 0.1) is 37.3 Å². The van der Waals surface area contributed by atoms with Crippen LogP contribution in [0.3, 0.4) is 0 Å². The van der Waals surface area contributed by atoms with E-state index < -0.39 is 43.3 Å². The van der Waals surface area contributed by atoms with Crippen molar-refractivity contribution in [3.63, 3.8) is 0 Å². The number of halogens is 2. The number of rotatable bonds is 6. The van der Waals surface area contributed by atoms with E-state index in [0.29, 0.717) is 16.5 Å². The van der Waals surface area contributed by atoms with E-state index in [1.54, 1.807) is 19.2 Å². The molecule has 4 rings (SSSR count). The zero-order valence-electron chi connectivity index (χ0n) is 18.9.